The Kier molecular flexibility index (Phi) is 3.75. The highest BCUT2D eigenvalue weighted by Crippen LogP contribution is 2.35. The molecule has 0 bridgehead atoms. The molecule has 6 heteroatoms. The molecule has 1 N–H and O–H groups in total. The summed E-state index contributed by atoms with van der Waals surface area (Å²) in [5.74, 6) is 0.0877. The molecule has 2 saturated heterocycles. The number of nitrogens with zero attached hydrogens (tertiary/aromatic N) is 3. The van der Waals surface area contributed by atoms with Gasteiger partial charge < -0.3 is 14.7 Å². The molecular weight excluding hydrogens is 270 g/mol. The molecule has 0 radical (unpaired) electrons. The summed E-state index contributed by atoms with van der Waals surface area (Å²) >= 11 is 0. The average Bonchev–Trinajstić information content (AvgIpc) is 3.11. The fourth-order valence-corrected chi connectivity index (χ4v) is 3.46. The Hall–Kier alpha value is -1.40. The first kappa shape index (κ1) is 14.5. The summed E-state index contributed by atoms with van der Waals surface area (Å²) in [4.78, 5) is 14.1. The molecule has 2 aliphatic heterocycles. The third kappa shape index (κ3) is 2.70. The van der Waals surface area contributed by atoms with Crippen LogP contribution < -0.4 is 0 Å². The highest BCUT2D eigenvalue weighted by atomic mass is 16.5. The van der Waals surface area contributed by atoms with Crippen LogP contribution in [0.2, 0.25) is 0 Å². The SMILES string of the molecule is Cc1nn(C)cc1CCC(=O)N1C[C@H](O)[C@]2(CCCO2)C1. The topological polar surface area (TPSA) is 67.6 Å². The molecule has 21 heavy (non-hydrogen) atoms. The molecule has 1 spiro atoms. The van der Waals surface area contributed by atoms with Gasteiger partial charge in [-0.15, -0.1) is 0 Å². The smallest absolute Gasteiger partial charge is 0.223 e. The Morgan fingerprint density at radius 1 is 1.62 bits per heavy atom. The molecule has 2 aliphatic rings. The fraction of sp³-hybridized carbons (Fsp3) is 0.733. The monoisotopic (exact) mass is 293 g/mol. The Balaban J connectivity index is 1.58. The van der Waals surface area contributed by atoms with Gasteiger partial charge in [0.05, 0.1) is 12.2 Å². The second kappa shape index (κ2) is 5.42. The lowest BCUT2D eigenvalue weighted by atomic mass is 9.97. The van der Waals surface area contributed by atoms with Crippen molar-refractivity contribution in [2.45, 2.75) is 44.3 Å². The lowest BCUT2D eigenvalue weighted by molar-refractivity contribution is -0.131. The van der Waals surface area contributed by atoms with Crippen molar-refractivity contribution in [2.75, 3.05) is 19.7 Å². The fourth-order valence-electron chi connectivity index (χ4n) is 3.46. The maximum atomic E-state index is 12.4. The predicted molar refractivity (Wildman–Crippen MR) is 76.8 cm³/mol. The predicted octanol–water partition coefficient (Wildman–Crippen LogP) is 0.413. The number of rotatable bonds is 3. The highest BCUT2D eigenvalue weighted by molar-refractivity contribution is 5.77. The van der Waals surface area contributed by atoms with E-state index >= 15 is 0 Å². The van der Waals surface area contributed by atoms with E-state index in [-0.39, 0.29) is 5.91 Å². The molecule has 0 saturated carbocycles. The number of carbonyl (C=O) groups is 1. The molecule has 3 heterocycles. The normalized spacial score (nSPS) is 28.7. The summed E-state index contributed by atoms with van der Waals surface area (Å²) in [6.45, 7) is 3.57. The third-order valence-electron chi connectivity index (χ3n) is 4.67. The van der Waals surface area contributed by atoms with Crippen molar-refractivity contribution >= 4 is 5.91 Å². The molecule has 0 unspecified atom stereocenters. The number of aromatic nitrogens is 2. The quantitative estimate of drug-likeness (QED) is 0.877. The number of aryl methyl sites for hydroxylation is 3. The molecule has 116 valence electrons. The molecule has 2 fully saturated rings. The first-order valence-corrected chi connectivity index (χ1v) is 7.59. The number of carbonyl (C=O) groups excluding carboxylic acids is 1. The van der Waals surface area contributed by atoms with Crippen molar-refractivity contribution in [2.24, 2.45) is 7.05 Å². The van der Waals surface area contributed by atoms with Crippen molar-refractivity contribution in [3.63, 3.8) is 0 Å². The van der Waals surface area contributed by atoms with Crippen LogP contribution in [0.4, 0.5) is 0 Å². The zero-order valence-corrected chi connectivity index (χ0v) is 12.7. The van der Waals surface area contributed by atoms with Crippen LogP contribution >= 0.6 is 0 Å². The van der Waals surface area contributed by atoms with E-state index in [1.54, 1.807) is 9.58 Å². The molecular formula is C15H23N3O3. The molecule has 2 atom stereocenters. The number of likely N-dealkylation sites (tertiary alicyclic amines) is 1. The molecule has 0 aliphatic carbocycles. The van der Waals surface area contributed by atoms with Crippen molar-refractivity contribution in [1.29, 1.82) is 0 Å². The number of ether oxygens (including phenoxy) is 1. The lowest BCUT2D eigenvalue weighted by Gasteiger charge is -2.25. The molecule has 1 aromatic heterocycles. The molecule has 6 nitrogen and oxygen atoms in total. The zero-order chi connectivity index (χ0) is 15.0. The Morgan fingerprint density at radius 3 is 3.05 bits per heavy atom. The highest BCUT2D eigenvalue weighted by Gasteiger charge is 2.50. The van der Waals surface area contributed by atoms with Gasteiger partial charge in [0.2, 0.25) is 5.91 Å². The van der Waals surface area contributed by atoms with Gasteiger partial charge in [-0.1, -0.05) is 0 Å². The van der Waals surface area contributed by atoms with E-state index in [9.17, 15) is 9.90 Å². The summed E-state index contributed by atoms with van der Waals surface area (Å²) in [5, 5.41) is 14.5. The van der Waals surface area contributed by atoms with Crippen LogP contribution in [0.15, 0.2) is 6.20 Å². The van der Waals surface area contributed by atoms with Crippen LogP contribution in [0.25, 0.3) is 0 Å². The minimum absolute atomic E-state index is 0.0877. The number of β-amino-alcohol motifs (C(OH)–C–C–N with tert-alkyl or cyclic N) is 1. The van der Waals surface area contributed by atoms with Crippen LogP contribution in [-0.2, 0) is 23.0 Å². The van der Waals surface area contributed by atoms with Gasteiger partial charge in [0.15, 0.2) is 0 Å². The molecule has 0 aromatic carbocycles. The van der Waals surface area contributed by atoms with E-state index in [4.69, 9.17) is 4.74 Å². The van der Waals surface area contributed by atoms with Gasteiger partial charge >= 0.3 is 0 Å². The van der Waals surface area contributed by atoms with Gasteiger partial charge in [0, 0.05) is 32.8 Å². The maximum absolute atomic E-state index is 12.4. The van der Waals surface area contributed by atoms with E-state index in [2.05, 4.69) is 5.10 Å². The standard InChI is InChI=1S/C15H23N3O3/c1-11-12(8-17(2)16-11)4-5-14(20)18-9-13(19)15(10-18)6-3-7-21-15/h8,13,19H,3-7,9-10H2,1-2H3/t13-,15-/m0/s1. The lowest BCUT2D eigenvalue weighted by Crippen LogP contribution is -2.41. The number of hydrogen-bond donors (Lipinski definition) is 1. The molecule has 1 amide bonds. The van der Waals surface area contributed by atoms with Crippen molar-refractivity contribution in [3.05, 3.63) is 17.5 Å². The van der Waals surface area contributed by atoms with Gasteiger partial charge in [-0.3, -0.25) is 9.48 Å². The summed E-state index contributed by atoms with van der Waals surface area (Å²) in [6, 6.07) is 0. The maximum Gasteiger partial charge on any atom is 0.223 e. The van der Waals surface area contributed by atoms with E-state index in [1.807, 2.05) is 20.2 Å². The Bertz CT molecular complexity index is 534. The van der Waals surface area contributed by atoms with Crippen LogP contribution in [0, 0.1) is 6.92 Å². The first-order valence-electron chi connectivity index (χ1n) is 7.59. The second-order valence-corrected chi connectivity index (χ2v) is 6.22. The van der Waals surface area contributed by atoms with Crippen molar-refractivity contribution < 1.29 is 14.6 Å². The number of aliphatic hydroxyl groups is 1. The largest absolute Gasteiger partial charge is 0.388 e. The molecule has 1 aromatic rings. The van der Waals surface area contributed by atoms with Crippen LogP contribution in [0.5, 0.6) is 0 Å². The number of amides is 1. The van der Waals surface area contributed by atoms with E-state index in [0.29, 0.717) is 32.5 Å². The average molecular weight is 293 g/mol. The van der Waals surface area contributed by atoms with Gasteiger partial charge in [0.25, 0.3) is 0 Å². The van der Waals surface area contributed by atoms with Crippen molar-refractivity contribution in [1.82, 2.24) is 14.7 Å². The summed E-state index contributed by atoms with van der Waals surface area (Å²) in [5.41, 5.74) is 1.58. The van der Waals surface area contributed by atoms with E-state index in [1.165, 1.54) is 0 Å². The van der Waals surface area contributed by atoms with Crippen LogP contribution in [0.1, 0.15) is 30.5 Å². The van der Waals surface area contributed by atoms with Crippen molar-refractivity contribution in [3.8, 4) is 0 Å². The van der Waals surface area contributed by atoms with Crippen LogP contribution in [-0.4, -0.2) is 57.1 Å². The van der Waals surface area contributed by atoms with E-state index in [0.717, 1.165) is 24.1 Å². The summed E-state index contributed by atoms with van der Waals surface area (Å²) in [7, 11) is 1.89. The van der Waals surface area contributed by atoms with E-state index < -0.39 is 11.7 Å². The van der Waals surface area contributed by atoms with Gasteiger partial charge in [-0.05, 0) is 31.7 Å². The number of hydrogen-bond acceptors (Lipinski definition) is 4. The zero-order valence-electron chi connectivity index (χ0n) is 12.7. The van der Waals surface area contributed by atoms with Gasteiger partial charge in [0.1, 0.15) is 11.7 Å². The number of aliphatic hydroxyl groups excluding tert-OH is 1. The minimum atomic E-state index is -0.552. The summed E-state index contributed by atoms with van der Waals surface area (Å²) in [6.07, 6.45) is 4.37. The van der Waals surface area contributed by atoms with Gasteiger partial charge in [-0.2, -0.15) is 5.10 Å². The second-order valence-electron chi connectivity index (χ2n) is 6.22. The van der Waals surface area contributed by atoms with Gasteiger partial charge in [-0.25, -0.2) is 0 Å². The first-order chi connectivity index (χ1) is 10.00. The van der Waals surface area contributed by atoms with Crippen LogP contribution in [0.3, 0.4) is 0 Å². The Morgan fingerprint density at radius 2 is 2.43 bits per heavy atom. The third-order valence-corrected chi connectivity index (χ3v) is 4.67. The Labute approximate surface area is 124 Å². The molecule has 3 rings (SSSR count). The minimum Gasteiger partial charge on any atom is -0.388 e. The summed E-state index contributed by atoms with van der Waals surface area (Å²) < 4.78 is 7.50.